The van der Waals surface area contributed by atoms with E-state index < -0.39 is 6.04 Å². The molecule has 130 valence electrons. The highest BCUT2D eigenvalue weighted by molar-refractivity contribution is 5.84. The molecule has 1 aromatic carbocycles. The van der Waals surface area contributed by atoms with Crippen LogP contribution in [0.25, 0.3) is 17.0 Å². The van der Waals surface area contributed by atoms with Gasteiger partial charge in [0.25, 0.3) is 5.78 Å². The van der Waals surface area contributed by atoms with Gasteiger partial charge in [0, 0.05) is 17.7 Å². The molecular formula is C18H22N6O. The van der Waals surface area contributed by atoms with Crippen molar-refractivity contribution in [1.82, 2.24) is 24.9 Å². The number of rotatable bonds is 6. The maximum Gasteiger partial charge on any atom is 0.254 e. The van der Waals surface area contributed by atoms with E-state index in [4.69, 9.17) is 0 Å². The van der Waals surface area contributed by atoms with Gasteiger partial charge >= 0.3 is 0 Å². The summed E-state index contributed by atoms with van der Waals surface area (Å²) in [5.41, 5.74) is 1.76. The third-order valence-electron chi connectivity index (χ3n) is 4.08. The maximum atomic E-state index is 12.3. The number of benzene rings is 1. The molecule has 0 aliphatic heterocycles. The molecule has 0 bridgehead atoms. The molecule has 0 aliphatic carbocycles. The first kappa shape index (κ1) is 16.9. The highest BCUT2D eigenvalue weighted by Gasteiger charge is 2.17. The van der Waals surface area contributed by atoms with Gasteiger partial charge in [0.15, 0.2) is 0 Å². The van der Waals surface area contributed by atoms with Gasteiger partial charge in [-0.15, -0.1) is 0 Å². The Morgan fingerprint density at radius 3 is 2.72 bits per heavy atom. The molecule has 2 heterocycles. The highest BCUT2D eigenvalue weighted by Crippen LogP contribution is 2.21. The minimum Gasteiger partial charge on any atom is -0.358 e. The van der Waals surface area contributed by atoms with Crippen molar-refractivity contribution in [2.75, 3.05) is 5.32 Å². The molecule has 0 radical (unpaired) electrons. The van der Waals surface area contributed by atoms with Crippen molar-refractivity contribution < 1.29 is 4.79 Å². The average molecular weight is 338 g/mol. The lowest BCUT2D eigenvalue weighted by Gasteiger charge is -2.19. The van der Waals surface area contributed by atoms with E-state index in [0.29, 0.717) is 11.6 Å². The van der Waals surface area contributed by atoms with E-state index >= 15 is 0 Å². The van der Waals surface area contributed by atoms with Gasteiger partial charge in [-0.1, -0.05) is 37.3 Å². The van der Waals surface area contributed by atoms with Gasteiger partial charge in [0.2, 0.25) is 5.91 Å². The molecule has 0 fully saturated rings. The first-order valence-electron chi connectivity index (χ1n) is 8.41. The summed E-state index contributed by atoms with van der Waals surface area (Å²) in [5, 5.41) is 10.4. The molecule has 1 amide bonds. The van der Waals surface area contributed by atoms with Crippen molar-refractivity contribution in [1.29, 1.82) is 0 Å². The second-order valence-electron chi connectivity index (χ2n) is 6.05. The Bertz CT molecular complexity index is 860. The standard InChI is InChI=1S/C18H22N6O/c1-4-12(2)21-17(25)13(3)22-16-10-15(14-8-6-5-7-9-14)23-18-19-11-20-24(16)18/h5-13,22H,4H2,1-3H3,(H,21,25). The lowest BCUT2D eigenvalue weighted by molar-refractivity contribution is -0.122. The zero-order valence-corrected chi connectivity index (χ0v) is 14.6. The van der Waals surface area contributed by atoms with Crippen LogP contribution in [0, 0.1) is 0 Å². The second-order valence-corrected chi connectivity index (χ2v) is 6.05. The van der Waals surface area contributed by atoms with Crippen molar-refractivity contribution in [2.24, 2.45) is 0 Å². The molecular weight excluding hydrogens is 316 g/mol. The summed E-state index contributed by atoms with van der Waals surface area (Å²) in [6, 6.07) is 11.5. The Morgan fingerprint density at radius 1 is 1.24 bits per heavy atom. The number of hydrogen-bond acceptors (Lipinski definition) is 5. The predicted molar refractivity (Wildman–Crippen MR) is 97.2 cm³/mol. The molecule has 2 N–H and O–H groups in total. The van der Waals surface area contributed by atoms with Crippen LogP contribution in [0.4, 0.5) is 5.82 Å². The fourth-order valence-corrected chi connectivity index (χ4v) is 2.43. The highest BCUT2D eigenvalue weighted by atomic mass is 16.2. The van der Waals surface area contributed by atoms with Gasteiger partial charge in [0.05, 0.1) is 5.69 Å². The normalized spacial score (nSPS) is 13.4. The monoisotopic (exact) mass is 338 g/mol. The van der Waals surface area contributed by atoms with Crippen molar-refractivity contribution in [2.45, 2.75) is 39.3 Å². The summed E-state index contributed by atoms with van der Waals surface area (Å²) < 4.78 is 1.60. The Kier molecular flexibility index (Phi) is 4.92. The third kappa shape index (κ3) is 3.76. The molecule has 0 aliphatic rings. The molecule has 0 saturated heterocycles. The van der Waals surface area contributed by atoms with Gasteiger partial charge in [0.1, 0.15) is 18.2 Å². The SMILES string of the molecule is CCC(C)NC(=O)C(C)Nc1cc(-c2ccccc2)nc2ncnn12. The van der Waals surface area contributed by atoms with Gasteiger partial charge < -0.3 is 10.6 Å². The number of carbonyl (C=O) groups excluding carboxylic acids is 1. The molecule has 7 nitrogen and oxygen atoms in total. The fraction of sp³-hybridized carbons (Fsp3) is 0.333. The Balaban J connectivity index is 1.90. The lowest BCUT2D eigenvalue weighted by atomic mass is 10.1. The first-order valence-corrected chi connectivity index (χ1v) is 8.41. The van der Waals surface area contributed by atoms with Crippen LogP contribution in [0.15, 0.2) is 42.7 Å². The summed E-state index contributed by atoms with van der Waals surface area (Å²) >= 11 is 0. The Morgan fingerprint density at radius 2 is 2.00 bits per heavy atom. The van der Waals surface area contributed by atoms with Crippen LogP contribution in [-0.4, -0.2) is 37.6 Å². The van der Waals surface area contributed by atoms with Crippen LogP contribution in [0.1, 0.15) is 27.2 Å². The summed E-state index contributed by atoms with van der Waals surface area (Å²) in [7, 11) is 0. The number of fused-ring (bicyclic) bond motifs is 1. The molecule has 0 saturated carbocycles. The lowest BCUT2D eigenvalue weighted by Crippen LogP contribution is -2.42. The number of amides is 1. The van der Waals surface area contributed by atoms with Gasteiger partial charge in [-0.2, -0.15) is 14.6 Å². The molecule has 7 heteroatoms. The predicted octanol–water partition coefficient (Wildman–Crippen LogP) is 2.51. The average Bonchev–Trinajstić information content (AvgIpc) is 3.11. The topological polar surface area (TPSA) is 84.2 Å². The molecule has 2 aromatic heterocycles. The second kappa shape index (κ2) is 7.29. The van der Waals surface area contributed by atoms with Crippen LogP contribution in [0.2, 0.25) is 0 Å². The van der Waals surface area contributed by atoms with E-state index in [9.17, 15) is 4.79 Å². The van der Waals surface area contributed by atoms with Crippen LogP contribution in [0.5, 0.6) is 0 Å². The van der Waals surface area contributed by atoms with Crippen LogP contribution >= 0.6 is 0 Å². The van der Waals surface area contributed by atoms with E-state index in [1.165, 1.54) is 6.33 Å². The zero-order valence-electron chi connectivity index (χ0n) is 14.6. The largest absolute Gasteiger partial charge is 0.358 e. The van der Waals surface area contributed by atoms with Crippen molar-refractivity contribution in [3.63, 3.8) is 0 Å². The first-order chi connectivity index (χ1) is 12.1. The van der Waals surface area contributed by atoms with Crippen molar-refractivity contribution in [3.8, 4) is 11.3 Å². The van der Waals surface area contributed by atoms with E-state index in [2.05, 4.69) is 25.7 Å². The molecule has 2 atom stereocenters. The van der Waals surface area contributed by atoms with Gasteiger partial charge in [-0.25, -0.2) is 4.98 Å². The fourth-order valence-electron chi connectivity index (χ4n) is 2.43. The summed E-state index contributed by atoms with van der Waals surface area (Å²) in [5.74, 6) is 1.10. The zero-order chi connectivity index (χ0) is 17.8. The van der Waals surface area contributed by atoms with Crippen LogP contribution < -0.4 is 10.6 Å². The Labute approximate surface area is 146 Å². The number of aromatic nitrogens is 4. The van der Waals surface area contributed by atoms with Crippen molar-refractivity contribution >= 4 is 17.5 Å². The molecule has 0 spiro atoms. The molecule has 3 rings (SSSR count). The minimum absolute atomic E-state index is 0.0549. The van der Waals surface area contributed by atoms with Crippen molar-refractivity contribution in [3.05, 3.63) is 42.7 Å². The molecule has 3 aromatic rings. The number of nitrogens with zero attached hydrogens (tertiary/aromatic N) is 4. The van der Waals surface area contributed by atoms with Gasteiger partial charge in [-0.3, -0.25) is 4.79 Å². The minimum atomic E-state index is -0.410. The van der Waals surface area contributed by atoms with Crippen LogP contribution in [0.3, 0.4) is 0 Å². The number of anilines is 1. The van der Waals surface area contributed by atoms with E-state index in [1.54, 1.807) is 4.52 Å². The third-order valence-corrected chi connectivity index (χ3v) is 4.08. The summed E-state index contributed by atoms with van der Waals surface area (Å²) in [6.45, 7) is 5.85. The van der Waals surface area contributed by atoms with E-state index in [-0.39, 0.29) is 11.9 Å². The molecule has 25 heavy (non-hydrogen) atoms. The number of hydrogen-bond donors (Lipinski definition) is 2. The quantitative estimate of drug-likeness (QED) is 0.721. The smallest absolute Gasteiger partial charge is 0.254 e. The maximum absolute atomic E-state index is 12.3. The van der Waals surface area contributed by atoms with Crippen LogP contribution in [-0.2, 0) is 4.79 Å². The van der Waals surface area contributed by atoms with E-state index in [0.717, 1.165) is 17.7 Å². The van der Waals surface area contributed by atoms with E-state index in [1.807, 2.05) is 57.2 Å². The summed E-state index contributed by atoms with van der Waals surface area (Å²) in [4.78, 5) is 21.0. The Hall–Kier alpha value is -2.96. The summed E-state index contributed by atoms with van der Waals surface area (Å²) in [6.07, 6.45) is 2.34. The molecule has 2 unspecified atom stereocenters. The number of carbonyl (C=O) groups is 1. The number of nitrogens with one attached hydrogen (secondary N) is 2. The van der Waals surface area contributed by atoms with Gasteiger partial charge in [-0.05, 0) is 20.3 Å².